The molecule has 0 aliphatic heterocycles. The van der Waals surface area contributed by atoms with Crippen molar-refractivity contribution in [2.45, 2.75) is 39.5 Å². The maximum absolute atomic E-state index is 11.7. The highest BCUT2D eigenvalue weighted by Crippen LogP contribution is 2.24. The SMILES string of the molecule is CCC1CCC/C1=N/NC(=O)c1cc(C)[nH]n1. The lowest BCUT2D eigenvalue weighted by atomic mass is 10.0. The first kappa shape index (κ1) is 11.8. The van der Waals surface area contributed by atoms with Crippen LogP contribution >= 0.6 is 0 Å². The number of rotatable bonds is 3. The quantitative estimate of drug-likeness (QED) is 0.785. The number of amides is 1. The van der Waals surface area contributed by atoms with Gasteiger partial charge in [-0.05, 0) is 44.6 Å². The minimum absolute atomic E-state index is 0.247. The number of carbonyl (C=O) groups is 1. The highest BCUT2D eigenvalue weighted by Gasteiger charge is 2.21. The van der Waals surface area contributed by atoms with Crippen LogP contribution in [0.1, 0.15) is 48.8 Å². The molecule has 1 atom stereocenters. The molecular weight excluding hydrogens is 216 g/mol. The lowest BCUT2D eigenvalue weighted by Gasteiger charge is -2.06. The number of hydrogen-bond acceptors (Lipinski definition) is 3. The lowest BCUT2D eigenvalue weighted by Crippen LogP contribution is -2.21. The summed E-state index contributed by atoms with van der Waals surface area (Å²) in [5, 5.41) is 10.9. The summed E-state index contributed by atoms with van der Waals surface area (Å²) in [6.45, 7) is 4.02. The molecule has 0 spiro atoms. The van der Waals surface area contributed by atoms with Crippen molar-refractivity contribution in [2.75, 3.05) is 0 Å². The Morgan fingerprint density at radius 1 is 1.71 bits per heavy atom. The van der Waals surface area contributed by atoms with E-state index in [1.165, 1.54) is 12.8 Å². The van der Waals surface area contributed by atoms with E-state index < -0.39 is 0 Å². The molecule has 2 N–H and O–H groups in total. The predicted molar refractivity (Wildman–Crippen MR) is 65.9 cm³/mol. The molecule has 1 aromatic heterocycles. The molecule has 1 saturated carbocycles. The van der Waals surface area contributed by atoms with Crippen molar-refractivity contribution in [3.63, 3.8) is 0 Å². The van der Waals surface area contributed by atoms with Crippen LogP contribution in [0.4, 0.5) is 0 Å². The molecule has 0 bridgehead atoms. The Morgan fingerprint density at radius 2 is 2.53 bits per heavy atom. The molecule has 0 saturated heterocycles. The minimum atomic E-state index is -0.247. The summed E-state index contributed by atoms with van der Waals surface area (Å²) in [6, 6.07) is 1.71. The van der Waals surface area contributed by atoms with E-state index >= 15 is 0 Å². The van der Waals surface area contributed by atoms with E-state index in [0.717, 1.165) is 24.2 Å². The second-order valence-electron chi connectivity index (χ2n) is 4.48. The highest BCUT2D eigenvalue weighted by molar-refractivity contribution is 5.94. The third kappa shape index (κ3) is 2.72. The number of hydrazone groups is 1. The van der Waals surface area contributed by atoms with Gasteiger partial charge in [-0.25, -0.2) is 5.43 Å². The van der Waals surface area contributed by atoms with Crippen LogP contribution in [-0.4, -0.2) is 21.8 Å². The smallest absolute Gasteiger partial charge is 0.282 e. The van der Waals surface area contributed by atoms with E-state index in [9.17, 15) is 4.79 Å². The second-order valence-corrected chi connectivity index (χ2v) is 4.48. The normalized spacial score (nSPS) is 22.0. The fraction of sp³-hybridized carbons (Fsp3) is 0.583. The standard InChI is InChI=1S/C12H18N4O/c1-3-9-5-4-6-10(9)14-16-12(17)11-7-8(2)13-15-11/h7,9H,3-6H2,1-2H3,(H,13,15)(H,16,17)/b14-10-. The molecular formula is C12H18N4O. The van der Waals surface area contributed by atoms with Crippen LogP contribution in [-0.2, 0) is 0 Å². The molecule has 0 radical (unpaired) electrons. The van der Waals surface area contributed by atoms with Gasteiger partial charge in [0, 0.05) is 11.4 Å². The predicted octanol–water partition coefficient (Wildman–Crippen LogP) is 2.01. The average Bonchev–Trinajstić information content (AvgIpc) is 2.94. The fourth-order valence-electron chi connectivity index (χ4n) is 2.20. The van der Waals surface area contributed by atoms with Crippen molar-refractivity contribution >= 4 is 11.6 Å². The van der Waals surface area contributed by atoms with Crippen molar-refractivity contribution < 1.29 is 4.79 Å². The summed E-state index contributed by atoms with van der Waals surface area (Å²) in [4.78, 5) is 11.7. The maximum atomic E-state index is 11.7. The zero-order valence-corrected chi connectivity index (χ0v) is 10.3. The summed E-state index contributed by atoms with van der Waals surface area (Å²) in [6.07, 6.45) is 4.45. The molecule has 1 fully saturated rings. The van der Waals surface area contributed by atoms with E-state index in [1.807, 2.05) is 6.92 Å². The van der Waals surface area contributed by atoms with Gasteiger partial charge in [-0.2, -0.15) is 10.2 Å². The number of aryl methyl sites for hydroxylation is 1. The number of carbonyl (C=O) groups excluding carboxylic acids is 1. The fourth-order valence-corrected chi connectivity index (χ4v) is 2.20. The zero-order valence-electron chi connectivity index (χ0n) is 10.3. The Labute approximate surface area is 101 Å². The van der Waals surface area contributed by atoms with Crippen LogP contribution in [0.3, 0.4) is 0 Å². The van der Waals surface area contributed by atoms with Gasteiger partial charge in [0.1, 0.15) is 0 Å². The Kier molecular flexibility index (Phi) is 3.56. The van der Waals surface area contributed by atoms with Crippen molar-refractivity contribution in [1.29, 1.82) is 0 Å². The Bertz CT molecular complexity index is 435. The molecule has 2 rings (SSSR count). The Morgan fingerprint density at radius 3 is 3.18 bits per heavy atom. The summed E-state index contributed by atoms with van der Waals surface area (Å²) in [7, 11) is 0. The molecule has 1 heterocycles. The van der Waals surface area contributed by atoms with E-state index in [4.69, 9.17) is 0 Å². The number of H-pyrrole nitrogens is 1. The number of aromatic amines is 1. The van der Waals surface area contributed by atoms with Crippen LogP contribution in [0.15, 0.2) is 11.2 Å². The van der Waals surface area contributed by atoms with Gasteiger partial charge in [-0.3, -0.25) is 9.89 Å². The van der Waals surface area contributed by atoms with Gasteiger partial charge < -0.3 is 0 Å². The first-order chi connectivity index (χ1) is 8.20. The van der Waals surface area contributed by atoms with E-state index in [1.54, 1.807) is 6.07 Å². The third-order valence-corrected chi connectivity index (χ3v) is 3.19. The summed E-state index contributed by atoms with van der Waals surface area (Å²) in [5.74, 6) is 0.292. The van der Waals surface area contributed by atoms with Crippen molar-refractivity contribution in [1.82, 2.24) is 15.6 Å². The zero-order chi connectivity index (χ0) is 12.3. The van der Waals surface area contributed by atoms with Crippen LogP contribution in [0.25, 0.3) is 0 Å². The Balaban J connectivity index is 1.98. The van der Waals surface area contributed by atoms with Gasteiger partial charge in [-0.15, -0.1) is 0 Å². The maximum Gasteiger partial charge on any atom is 0.291 e. The number of aromatic nitrogens is 2. The van der Waals surface area contributed by atoms with E-state index in [0.29, 0.717) is 11.6 Å². The molecule has 92 valence electrons. The second kappa shape index (κ2) is 5.12. The van der Waals surface area contributed by atoms with Crippen molar-refractivity contribution in [2.24, 2.45) is 11.0 Å². The molecule has 5 nitrogen and oxygen atoms in total. The highest BCUT2D eigenvalue weighted by atomic mass is 16.2. The molecule has 17 heavy (non-hydrogen) atoms. The molecule has 1 aliphatic rings. The molecule has 1 amide bonds. The third-order valence-electron chi connectivity index (χ3n) is 3.19. The first-order valence-corrected chi connectivity index (χ1v) is 6.09. The minimum Gasteiger partial charge on any atom is -0.282 e. The van der Waals surface area contributed by atoms with Crippen molar-refractivity contribution in [3.8, 4) is 0 Å². The lowest BCUT2D eigenvalue weighted by molar-refractivity contribution is 0.0949. The van der Waals surface area contributed by atoms with Gasteiger partial charge in [0.25, 0.3) is 5.91 Å². The first-order valence-electron chi connectivity index (χ1n) is 6.09. The van der Waals surface area contributed by atoms with E-state index in [-0.39, 0.29) is 5.91 Å². The molecule has 1 aliphatic carbocycles. The van der Waals surface area contributed by atoms with Gasteiger partial charge >= 0.3 is 0 Å². The average molecular weight is 234 g/mol. The molecule has 1 unspecified atom stereocenters. The van der Waals surface area contributed by atoms with Gasteiger partial charge in [0.15, 0.2) is 5.69 Å². The monoisotopic (exact) mass is 234 g/mol. The Hall–Kier alpha value is -1.65. The van der Waals surface area contributed by atoms with Crippen molar-refractivity contribution in [3.05, 3.63) is 17.5 Å². The number of nitrogens with one attached hydrogen (secondary N) is 2. The summed E-state index contributed by atoms with van der Waals surface area (Å²) >= 11 is 0. The van der Waals surface area contributed by atoms with Crippen LogP contribution in [0.5, 0.6) is 0 Å². The number of hydrogen-bond donors (Lipinski definition) is 2. The number of nitrogens with zero attached hydrogens (tertiary/aromatic N) is 2. The van der Waals surface area contributed by atoms with Crippen LogP contribution in [0.2, 0.25) is 0 Å². The van der Waals surface area contributed by atoms with Gasteiger partial charge in [0.05, 0.1) is 0 Å². The molecule has 5 heteroatoms. The van der Waals surface area contributed by atoms with Crippen LogP contribution < -0.4 is 5.43 Å². The van der Waals surface area contributed by atoms with Gasteiger partial charge in [-0.1, -0.05) is 6.92 Å². The van der Waals surface area contributed by atoms with Crippen LogP contribution in [0, 0.1) is 12.8 Å². The summed E-state index contributed by atoms with van der Waals surface area (Å²) in [5.41, 5.74) is 4.96. The van der Waals surface area contributed by atoms with Gasteiger partial charge in [0.2, 0.25) is 0 Å². The molecule has 0 aromatic carbocycles. The molecule has 1 aromatic rings. The van der Waals surface area contributed by atoms with E-state index in [2.05, 4.69) is 27.6 Å². The largest absolute Gasteiger partial charge is 0.291 e. The summed E-state index contributed by atoms with van der Waals surface area (Å²) < 4.78 is 0. The topological polar surface area (TPSA) is 70.1 Å².